The van der Waals surface area contributed by atoms with Crippen LogP contribution in [0.25, 0.3) is 11.0 Å². The second-order valence-corrected chi connectivity index (χ2v) is 7.88. The number of halogens is 3. The predicted octanol–water partition coefficient (Wildman–Crippen LogP) is 5.45. The van der Waals surface area contributed by atoms with Crippen LogP contribution in [0.5, 0.6) is 0 Å². The zero-order valence-corrected chi connectivity index (χ0v) is 16.6. The number of pyridine rings is 3. The van der Waals surface area contributed by atoms with E-state index in [0.29, 0.717) is 23.8 Å². The molecule has 4 aromatic heterocycles. The average Bonchev–Trinajstić information content (AvgIpc) is 3.55. The molecule has 0 atom stereocenters. The molecule has 0 unspecified atom stereocenters. The summed E-state index contributed by atoms with van der Waals surface area (Å²) in [4.78, 5) is 15.7. The lowest BCUT2D eigenvalue weighted by atomic mass is 10.0. The number of nitrogens with one attached hydrogen (secondary N) is 2. The number of aromatic nitrogens is 4. The van der Waals surface area contributed by atoms with Crippen molar-refractivity contribution in [1.29, 1.82) is 0 Å². The maximum absolute atomic E-state index is 12.6. The highest BCUT2D eigenvalue weighted by Crippen LogP contribution is 2.40. The average molecular weight is 423 g/mol. The summed E-state index contributed by atoms with van der Waals surface area (Å²) in [5, 5.41) is 4.27. The molecule has 1 fully saturated rings. The summed E-state index contributed by atoms with van der Waals surface area (Å²) in [6.45, 7) is 0.343. The topological polar surface area (TPSA) is 66.5 Å². The van der Waals surface area contributed by atoms with Crippen molar-refractivity contribution in [3.05, 3.63) is 83.1 Å². The minimum atomic E-state index is -4.43. The number of hydrogen-bond acceptors (Lipinski definition) is 4. The molecular formula is C23H20F3N5. The van der Waals surface area contributed by atoms with Gasteiger partial charge in [0.25, 0.3) is 0 Å². The van der Waals surface area contributed by atoms with Gasteiger partial charge >= 0.3 is 6.18 Å². The normalized spacial score (nSPS) is 14.2. The third-order valence-corrected chi connectivity index (χ3v) is 5.49. The summed E-state index contributed by atoms with van der Waals surface area (Å²) < 4.78 is 37.8. The molecule has 0 radical (unpaired) electrons. The summed E-state index contributed by atoms with van der Waals surface area (Å²) in [7, 11) is 0. The van der Waals surface area contributed by atoms with E-state index in [1.54, 1.807) is 0 Å². The Bertz CT molecular complexity index is 1190. The second kappa shape index (κ2) is 7.68. The summed E-state index contributed by atoms with van der Waals surface area (Å²) in [6.07, 6.45) is 5.80. The molecule has 4 aromatic rings. The highest BCUT2D eigenvalue weighted by Gasteiger charge is 2.32. The summed E-state index contributed by atoms with van der Waals surface area (Å²) in [5.41, 5.74) is 4.22. The molecule has 31 heavy (non-hydrogen) atoms. The minimum absolute atomic E-state index is 0.343. The third-order valence-electron chi connectivity index (χ3n) is 5.49. The number of fused-ring (bicyclic) bond motifs is 1. The van der Waals surface area contributed by atoms with Crippen LogP contribution in [-0.4, -0.2) is 19.9 Å². The molecule has 1 aliphatic rings. The van der Waals surface area contributed by atoms with E-state index in [0.717, 1.165) is 29.1 Å². The first-order chi connectivity index (χ1) is 15.0. The van der Waals surface area contributed by atoms with Gasteiger partial charge in [-0.3, -0.25) is 4.98 Å². The van der Waals surface area contributed by atoms with Crippen LogP contribution in [0, 0.1) is 0 Å². The fraction of sp³-hybridized carbons (Fsp3) is 0.261. The van der Waals surface area contributed by atoms with Gasteiger partial charge in [0.15, 0.2) is 0 Å². The van der Waals surface area contributed by atoms with Crippen molar-refractivity contribution in [2.45, 2.75) is 37.9 Å². The lowest BCUT2D eigenvalue weighted by molar-refractivity contribution is -0.141. The Kier molecular flexibility index (Phi) is 4.84. The molecule has 0 saturated heterocycles. The zero-order valence-electron chi connectivity index (χ0n) is 16.6. The van der Waals surface area contributed by atoms with E-state index in [1.807, 2.05) is 30.7 Å². The van der Waals surface area contributed by atoms with Crippen LogP contribution >= 0.6 is 0 Å². The number of aromatic amines is 1. The van der Waals surface area contributed by atoms with Crippen molar-refractivity contribution < 1.29 is 13.2 Å². The van der Waals surface area contributed by atoms with Crippen molar-refractivity contribution in [2.75, 3.05) is 5.32 Å². The first kappa shape index (κ1) is 19.5. The Morgan fingerprint density at radius 3 is 2.45 bits per heavy atom. The van der Waals surface area contributed by atoms with Crippen molar-refractivity contribution >= 4 is 16.9 Å². The smallest absolute Gasteiger partial charge is 0.366 e. The van der Waals surface area contributed by atoms with E-state index in [1.165, 1.54) is 36.2 Å². The Hall–Kier alpha value is -3.42. The molecule has 0 aliphatic heterocycles. The lowest BCUT2D eigenvalue weighted by Crippen LogP contribution is -2.08. The van der Waals surface area contributed by atoms with E-state index < -0.39 is 11.9 Å². The molecule has 1 aliphatic carbocycles. The van der Waals surface area contributed by atoms with Crippen molar-refractivity contribution in [3.8, 4) is 0 Å². The van der Waals surface area contributed by atoms with Crippen LogP contribution in [-0.2, 0) is 19.1 Å². The Labute approximate surface area is 176 Å². The largest absolute Gasteiger partial charge is 0.433 e. The Morgan fingerprint density at radius 1 is 0.968 bits per heavy atom. The van der Waals surface area contributed by atoms with Gasteiger partial charge in [-0.25, -0.2) is 9.97 Å². The first-order valence-electron chi connectivity index (χ1n) is 10.1. The molecule has 5 nitrogen and oxygen atoms in total. The molecule has 2 N–H and O–H groups in total. The molecule has 0 spiro atoms. The summed E-state index contributed by atoms with van der Waals surface area (Å²) in [5.74, 6) is 1.31. The first-order valence-corrected chi connectivity index (χ1v) is 10.1. The van der Waals surface area contributed by atoms with E-state index >= 15 is 0 Å². The predicted molar refractivity (Wildman–Crippen MR) is 112 cm³/mol. The van der Waals surface area contributed by atoms with Crippen LogP contribution < -0.4 is 5.32 Å². The maximum Gasteiger partial charge on any atom is 0.433 e. The number of hydrogen-bond donors (Lipinski definition) is 2. The number of H-pyrrole nitrogens is 1. The van der Waals surface area contributed by atoms with E-state index in [-0.39, 0.29) is 0 Å². The van der Waals surface area contributed by atoms with Gasteiger partial charge in [0, 0.05) is 43.1 Å². The van der Waals surface area contributed by atoms with Gasteiger partial charge in [-0.2, -0.15) is 13.2 Å². The number of anilines is 1. The van der Waals surface area contributed by atoms with E-state index in [9.17, 15) is 13.2 Å². The maximum atomic E-state index is 12.6. The molecule has 8 heteroatoms. The fourth-order valence-electron chi connectivity index (χ4n) is 3.60. The van der Waals surface area contributed by atoms with Gasteiger partial charge in [-0.05, 0) is 59.2 Å². The summed E-state index contributed by atoms with van der Waals surface area (Å²) >= 11 is 0. The molecule has 158 valence electrons. The SMILES string of the molecule is FC(F)(F)c1ccc(CNc2ccc(Cc3c[nH]c4ncc(C5CC5)cc34)cn2)cn1. The van der Waals surface area contributed by atoms with Gasteiger partial charge in [0.2, 0.25) is 0 Å². The quantitative estimate of drug-likeness (QED) is 0.433. The van der Waals surface area contributed by atoms with Gasteiger partial charge < -0.3 is 10.3 Å². The van der Waals surface area contributed by atoms with Crippen LogP contribution in [0.3, 0.4) is 0 Å². The second-order valence-electron chi connectivity index (χ2n) is 7.88. The molecule has 0 amide bonds. The van der Waals surface area contributed by atoms with Crippen LogP contribution in [0.2, 0.25) is 0 Å². The third kappa shape index (κ3) is 4.38. The van der Waals surface area contributed by atoms with Gasteiger partial charge in [0.05, 0.1) is 0 Å². The number of alkyl halides is 3. The van der Waals surface area contributed by atoms with Crippen molar-refractivity contribution in [2.24, 2.45) is 0 Å². The molecule has 4 heterocycles. The van der Waals surface area contributed by atoms with E-state index in [4.69, 9.17) is 0 Å². The van der Waals surface area contributed by atoms with Crippen LogP contribution in [0.1, 0.15) is 46.7 Å². The Balaban J connectivity index is 1.23. The molecular weight excluding hydrogens is 403 g/mol. The summed E-state index contributed by atoms with van der Waals surface area (Å²) in [6, 6.07) is 8.51. The molecule has 5 rings (SSSR count). The highest BCUT2D eigenvalue weighted by molar-refractivity contribution is 5.80. The van der Waals surface area contributed by atoms with Crippen molar-refractivity contribution in [3.63, 3.8) is 0 Å². The fourth-order valence-corrected chi connectivity index (χ4v) is 3.60. The minimum Gasteiger partial charge on any atom is -0.366 e. The number of nitrogens with zero attached hydrogens (tertiary/aromatic N) is 3. The standard InChI is InChI=1S/C23H20F3N5/c24-23(25,26)20-5-1-15(10-27-20)11-29-21-6-2-14(9-28-21)7-18-13-31-22-19(18)8-17(12-30-22)16-3-4-16/h1-2,5-6,8-10,12-13,16H,3-4,7,11H2,(H,28,29)(H,30,31). The zero-order chi connectivity index (χ0) is 21.4. The lowest BCUT2D eigenvalue weighted by Gasteiger charge is -2.09. The Morgan fingerprint density at radius 2 is 1.77 bits per heavy atom. The van der Waals surface area contributed by atoms with E-state index in [2.05, 4.69) is 31.3 Å². The van der Waals surface area contributed by atoms with Crippen molar-refractivity contribution in [1.82, 2.24) is 19.9 Å². The van der Waals surface area contributed by atoms with Gasteiger partial charge in [-0.15, -0.1) is 0 Å². The van der Waals surface area contributed by atoms with Gasteiger partial charge in [-0.1, -0.05) is 12.1 Å². The highest BCUT2D eigenvalue weighted by atomic mass is 19.4. The van der Waals surface area contributed by atoms with Crippen LogP contribution in [0.15, 0.2) is 55.1 Å². The molecule has 1 saturated carbocycles. The molecule has 0 aromatic carbocycles. The number of rotatable bonds is 6. The monoisotopic (exact) mass is 423 g/mol. The van der Waals surface area contributed by atoms with Gasteiger partial charge in [0.1, 0.15) is 17.2 Å². The molecule has 0 bridgehead atoms. The van der Waals surface area contributed by atoms with Crippen LogP contribution in [0.4, 0.5) is 19.0 Å².